The minimum absolute atomic E-state index is 0.210. The summed E-state index contributed by atoms with van der Waals surface area (Å²) in [5.74, 6) is 1.17. The molecule has 4 nitrogen and oxygen atoms in total. The third-order valence-electron chi connectivity index (χ3n) is 5.29. The third-order valence-corrected chi connectivity index (χ3v) is 5.29. The van der Waals surface area contributed by atoms with E-state index < -0.39 is 0 Å². The standard InChI is InChI=1S/C15H27N3O/c1-12(13-9-16-10-13)15(19)18-8-5-14(11-18)17-6-3-2-4-7-17/h12-14,16H,2-11H2,1H3. The molecule has 3 heterocycles. The lowest BCUT2D eigenvalue weighted by Gasteiger charge is -2.35. The first-order chi connectivity index (χ1) is 9.25. The molecule has 1 N–H and O–H groups in total. The Bertz CT molecular complexity index is 323. The van der Waals surface area contributed by atoms with Crippen molar-refractivity contribution < 1.29 is 4.79 Å². The number of hydrogen-bond donors (Lipinski definition) is 1. The van der Waals surface area contributed by atoms with Crippen LogP contribution in [0.25, 0.3) is 0 Å². The van der Waals surface area contributed by atoms with E-state index in [-0.39, 0.29) is 5.92 Å². The summed E-state index contributed by atoms with van der Waals surface area (Å²) in [5, 5.41) is 3.27. The first-order valence-electron chi connectivity index (χ1n) is 7.99. The van der Waals surface area contributed by atoms with E-state index in [0.29, 0.717) is 17.9 Å². The molecule has 0 spiro atoms. The molecule has 3 fully saturated rings. The SMILES string of the molecule is CC(C(=O)N1CCC(N2CCCCC2)C1)C1CNC1. The molecule has 3 rings (SSSR count). The molecule has 4 heteroatoms. The minimum Gasteiger partial charge on any atom is -0.341 e. The Morgan fingerprint density at radius 2 is 1.89 bits per heavy atom. The number of rotatable bonds is 3. The Labute approximate surface area is 116 Å². The number of carbonyl (C=O) groups excluding carboxylic acids is 1. The monoisotopic (exact) mass is 265 g/mol. The number of piperidine rings is 1. The highest BCUT2D eigenvalue weighted by Crippen LogP contribution is 2.24. The van der Waals surface area contributed by atoms with Crippen LogP contribution in [0.4, 0.5) is 0 Å². The van der Waals surface area contributed by atoms with Gasteiger partial charge in [-0.15, -0.1) is 0 Å². The lowest BCUT2D eigenvalue weighted by atomic mass is 9.88. The van der Waals surface area contributed by atoms with E-state index in [1.807, 2.05) is 0 Å². The van der Waals surface area contributed by atoms with Gasteiger partial charge in [0.2, 0.25) is 5.91 Å². The normalized spacial score (nSPS) is 31.2. The number of nitrogens with zero attached hydrogens (tertiary/aromatic N) is 2. The van der Waals surface area contributed by atoms with Crippen molar-refractivity contribution in [3.05, 3.63) is 0 Å². The molecule has 0 saturated carbocycles. The van der Waals surface area contributed by atoms with Crippen LogP contribution in [0.3, 0.4) is 0 Å². The highest BCUT2D eigenvalue weighted by atomic mass is 16.2. The third kappa shape index (κ3) is 2.79. The number of likely N-dealkylation sites (tertiary alicyclic amines) is 2. The second-order valence-electron chi connectivity index (χ2n) is 6.53. The lowest BCUT2D eigenvalue weighted by Crippen LogP contribution is -2.50. The van der Waals surface area contributed by atoms with Crippen molar-refractivity contribution in [2.45, 2.75) is 38.6 Å². The topological polar surface area (TPSA) is 35.6 Å². The maximum atomic E-state index is 12.5. The number of nitrogens with one attached hydrogen (secondary N) is 1. The largest absolute Gasteiger partial charge is 0.341 e. The Balaban J connectivity index is 1.51. The molecular formula is C15H27N3O. The van der Waals surface area contributed by atoms with E-state index in [4.69, 9.17) is 0 Å². The van der Waals surface area contributed by atoms with Crippen LogP contribution < -0.4 is 5.32 Å². The summed E-state index contributed by atoms with van der Waals surface area (Å²) in [6.07, 6.45) is 5.25. The van der Waals surface area contributed by atoms with Crippen LogP contribution in [0, 0.1) is 11.8 Å². The van der Waals surface area contributed by atoms with Crippen molar-refractivity contribution in [2.24, 2.45) is 11.8 Å². The van der Waals surface area contributed by atoms with Gasteiger partial charge in [0, 0.05) is 25.0 Å². The van der Waals surface area contributed by atoms with Gasteiger partial charge in [0.25, 0.3) is 0 Å². The summed E-state index contributed by atoms with van der Waals surface area (Å²) < 4.78 is 0. The van der Waals surface area contributed by atoms with E-state index >= 15 is 0 Å². The number of amides is 1. The van der Waals surface area contributed by atoms with Crippen molar-refractivity contribution in [3.8, 4) is 0 Å². The van der Waals surface area contributed by atoms with Crippen LogP contribution in [0.5, 0.6) is 0 Å². The predicted molar refractivity (Wildman–Crippen MR) is 75.9 cm³/mol. The second kappa shape index (κ2) is 5.80. The Morgan fingerprint density at radius 3 is 2.53 bits per heavy atom. The maximum absolute atomic E-state index is 12.5. The molecule has 0 aromatic rings. The Morgan fingerprint density at radius 1 is 1.16 bits per heavy atom. The van der Waals surface area contributed by atoms with Crippen molar-refractivity contribution in [1.29, 1.82) is 0 Å². The fourth-order valence-electron chi connectivity index (χ4n) is 3.68. The van der Waals surface area contributed by atoms with Gasteiger partial charge in [0.05, 0.1) is 0 Å². The fraction of sp³-hybridized carbons (Fsp3) is 0.933. The first-order valence-corrected chi connectivity index (χ1v) is 7.99. The Kier molecular flexibility index (Phi) is 4.08. The fourth-order valence-corrected chi connectivity index (χ4v) is 3.68. The number of carbonyl (C=O) groups is 1. The van der Waals surface area contributed by atoms with E-state index in [9.17, 15) is 4.79 Å². The zero-order valence-electron chi connectivity index (χ0n) is 12.1. The van der Waals surface area contributed by atoms with Crippen LogP contribution in [0.2, 0.25) is 0 Å². The second-order valence-corrected chi connectivity index (χ2v) is 6.53. The molecule has 1 amide bonds. The quantitative estimate of drug-likeness (QED) is 0.824. The van der Waals surface area contributed by atoms with Gasteiger partial charge in [0.15, 0.2) is 0 Å². The molecule has 2 atom stereocenters. The van der Waals surface area contributed by atoms with Crippen LogP contribution >= 0.6 is 0 Å². The van der Waals surface area contributed by atoms with Crippen molar-refractivity contribution >= 4 is 5.91 Å². The highest BCUT2D eigenvalue weighted by Gasteiger charge is 2.36. The lowest BCUT2D eigenvalue weighted by molar-refractivity contribution is -0.136. The van der Waals surface area contributed by atoms with Gasteiger partial charge in [-0.1, -0.05) is 13.3 Å². The molecule has 3 aliphatic rings. The van der Waals surface area contributed by atoms with Gasteiger partial charge in [-0.05, 0) is 51.4 Å². The van der Waals surface area contributed by atoms with Gasteiger partial charge in [-0.2, -0.15) is 0 Å². The van der Waals surface area contributed by atoms with Crippen LogP contribution in [0.15, 0.2) is 0 Å². The summed E-state index contributed by atoms with van der Waals surface area (Å²) >= 11 is 0. The zero-order chi connectivity index (χ0) is 13.2. The van der Waals surface area contributed by atoms with Crippen LogP contribution in [0.1, 0.15) is 32.6 Å². The predicted octanol–water partition coefficient (Wildman–Crippen LogP) is 0.929. The van der Waals surface area contributed by atoms with Crippen molar-refractivity contribution in [1.82, 2.24) is 15.1 Å². The molecule has 3 aliphatic heterocycles. The molecule has 3 saturated heterocycles. The maximum Gasteiger partial charge on any atom is 0.225 e. The first kappa shape index (κ1) is 13.4. The van der Waals surface area contributed by atoms with Gasteiger partial charge in [0.1, 0.15) is 0 Å². The average molecular weight is 265 g/mol. The van der Waals surface area contributed by atoms with Gasteiger partial charge in [-0.3, -0.25) is 9.69 Å². The van der Waals surface area contributed by atoms with Gasteiger partial charge >= 0.3 is 0 Å². The molecule has 0 aromatic heterocycles. The molecule has 0 radical (unpaired) electrons. The van der Waals surface area contributed by atoms with E-state index in [0.717, 1.165) is 26.2 Å². The molecule has 0 aliphatic carbocycles. The zero-order valence-corrected chi connectivity index (χ0v) is 12.1. The summed E-state index contributed by atoms with van der Waals surface area (Å²) in [6, 6.07) is 0.635. The molecule has 108 valence electrons. The number of hydrogen-bond acceptors (Lipinski definition) is 3. The van der Waals surface area contributed by atoms with E-state index in [1.54, 1.807) is 0 Å². The summed E-state index contributed by atoms with van der Waals surface area (Å²) in [4.78, 5) is 17.2. The molecular weight excluding hydrogens is 238 g/mol. The summed E-state index contributed by atoms with van der Waals surface area (Å²) in [5.41, 5.74) is 0. The molecule has 0 aromatic carbocycles. The van der Waals surface area contributed by atoms with Crippen molar-refractivity contribution in [3.63, 3.8) is 0 Å². The molecule has 19 heavy (non-hydrogen) atoms. The van der Waals surface area contributed by atoms with E-state index in [2.05, 4.69) is 22.0 Å². The smallest absolute Gasteiger partial charge is 0.225 e. The highest BCUT2D eigenvalue weighted by molar-refractivity contribution is 5.79. The van der Waals surface area contributed by atoms with Crippen LogP contribution in [-0.2, 0) is 4.79 Å². The van der Waals surface area contributed by atoms with Crippen LogP contribution in [-0.4, -0.2) is 61.0 Å². The van der Waals surface area contributed by atoms with E-state index in [1.165, 1.54) is 38.8 Å². The van der Waals surface area contributed by atoms with Crippen molar-refractivity contribution in [2.75, 3.05) is 39.3 Å². The van der Waals surface area contributed by atoms with Gasteiger partial charge < -0.3 is 10.2 Å². The summed E-state index contributed by atoms with van der Waals surface area (Å²) in [7, 11) is 0. The molecule has 0 bridgehead atoms. The average Bonchev–Trinajstić information content (AvgIpc) is 2.86. The summed E-state index contributed by atoms with van der Waals surface area (Å²) in [6.45, 7) is 8.60. The van der Waals surface area contributed by atoms with Gasteiger partial charge in [-0.25, -0.2) is 0 Å². The minimum atomic E-state index is 0.210. The Hall–Kier alpha value is -0.610. The molecule has 2 unspecified atom stereocenters.